The highest BCUT2D eigenvalue weighted by molar-refractivity contribution is 5.94. The van der Waals surface area contributed by atoms with Gasteiger partial charge in [0.15, 0.2) is 0 Å². The van der Waals surface area contributed by atoms with Crippen LogP contribution in [0.15, 0.2) is 29.4 Å². The van der Waals surface area contributed by atoms with E-state index in [1.54, 1.807) is 18.3 Å². The number of hydrogen-bond donors (Lipinski definition) is 2. The summed E-state index contributed by atoms with van der Waals surface area (Å²) in [6, 6.07) is 6.01. The normalized spacial score (nSPS) is 10.5. The van der Waals surface area contributed by atoms with E-state index in [-0.39, 0.29) is 11.7 Å². The van der Waals surface area contributed by atoms with Gasteiger partial charge < -0.3 is 5.11 Å². The molecule has 1 rings (SSSR count). The molecule has 0 heterocycles. The minimum absolute atomic E-state index is 0.140. The number of phenols is 1. The molecule has 1 aromatic carbocycles. The van der Waals surface area contributed by atoms with E-state index in [1.165, 1.54) is 12.1 Å². The van der Waals surface area contributed by atoms with Gasteiger partial charge in [0.25, 0.3) is 5.91 Å². The largest absolute Gasteiger partial charge is 0.508 e. The molecular formula is C11H14N2O2. The van der Waals surface area contributed by atoms with Crippen LogP contribution in [-0.4, -0.2) is 17.2 Å². The van der Waals surface area contributed by atoms with Crippen LogP contribution in [0.2, 0.25) is 0 Å². The molecule has 0 aliphatic heterocycles. The second kappa shape index (κ2) is 5.80. The summed E-state index contributed by atoms with van der Waals surface area (Å²) < 4.78 is 0. The zero-order valence-corrected chi connectivity index (χ0v) is 8.60. The molecule has 2 N–H and O–H groups in total. The first-order valence-corrected chi connectivity index (χ1v) is 4.85. The Morgan fingerprint density at radius 3 is 2.73 bits per heavy atom. The Kier molecular flexibility index (Phi) is 4.34. The van der Waals surface area contributed by atoms with Gasteiger partial charge in [-0.2, -0.15) is 5.10 Å². The number of amides is 1. The molecule has 0 aliphatic rings. The Bertz CT molecular complexity index is 344. The topological polar surface area (TPSA) is 61.7 Å². The SMILES string of the molecule is CCC/C=N/NC(=O)c1ccc(O)cc1. The Labute approximate surface area is 88.6 Å². The summed E-state index contributed by atoms with van der Waals surface area (Å²) in [6.07, 6.45) is 3.51. The van der Waals surface area contributed by atoms with E-state index in [0.717, 1.165) is 12.8 Å². The molecule has 0 saturated heterocycles. The summed E-state index contributed by atoms with van der Waals surface area (Å²) in [4.78, 5) is 11.4. The molecule has 0 saturated carbocycles. The quantitative estimate of drug-likeness (QED) is 0.584. The zero-order chi connectivity index (χ0) is 11.1. The number of rotatable bonds is 4. The number of carbonyl (C=O) groups is 1. The third-order valence-corrected chi connectivity index (χ3v) is 1.80. The summed E-state index contributed by atoms with van der Waals surface area (Å²) in [5.41, 5.74) is 2.88. The highest BCUT2D eigenvalue weighted by Gasteiger charge is 2.02. The van der Waals surface area contributed by atoms with Gasteiger partial charge in [0.1, 0.15) is 5.75 Å². The third kappa shape index (κ3) is 3.81. The molecule has 1 amide bonds. The molecule has 4 heteroatoms. The maximum absolute atomic E-state index is 11.4. The van der Waals surface area contributed by atoms with Crippen molar-refractivity contribution >= 4 is 12.1 Å². The molecule has 0 fully saturated rings. The molecule has 0 radical (unpaired) electrons. The lowest BCUT2D eigenvalue weighted by Crippen LogP contribution is -2.17. The molecule has 0 aromatic heterocycles. The van der Waals surface area contributed by atoms with Crippen molar-refractivity contribution in [2.75, 3.05) is 0 Å². The lowest BCUT2D eigenvalue weighted by molar-refractivity contribution is 0.0955. The van der Waals surface area contributed by atoms with Crippen molar-refractivity contribution in [1.82, 2.24) is 5.43 Å². The van der Waals surface area contributed by atoms with Crippen LogP contribution in [-0.2, 0) is 0 Å². The molecule has 0 spiro atoms. The highest BCUT2D eigenvalue weighted by Crippen LogP contribution is 2.09. The van der Waals surface area contributed by atoms with Gasteiger partial charge in [0, 0.05) is 11.8 Å². The van der Waals surface area contributed by atoms with E-state index < -0.39 is 0 Å². The Balaban J connectivity index is 2.50. The van der Waals surface area contributed by atoms with Gasteiger partial charge in [-0.05, 0) is 30.7 Å². The molecular weight excluding hydrogens is 192 g/mol. The van der Waals surface area contributed by atoms with Gasteiger partial charge >= 0.3 is 0 Å². The van der Waals surface area contributed by atoms with Crippen molar-refractivity contribution in [2.24, 2.45) is 5.10 Å². The number of nitrogens with zero attached hydrogens (tertiary/aromatic N) is 1. The van der Waals surface area contributed by atoms with Gasteiger partial charge in [-0.15, -0.1) is 0 Å². The minimum atomic E-state index is -0.276. The van der Waals surface area contributed by atoms with Gasteiger partial charge in [0.2, 0.25) is 0 Å². The van der Waals surface area contributed by atoms with Gasteiger partial charge in [-0.25, -0.2) is 5.43 Å². The zero-order valence-electron chi connectivity index (χ0n) is 8.60. The predicted octanol–water partition coefficient (Wildman–Crippen LogP) is 1.91. The number of aromatic hydroxyl groups is 1. The third-order valence-electron chi connectivity index (χ3n) is 1.80. The summed E-state index contributed by atoms with van der Waals surface area (Å²) in [6.45, 7) is 2.04. The smallest absolute Gasteiger partial charge is 0.271 e. The van der Waals surface area contributed by atoms with Gasteiger partial charge in [-0.3, -0.25) is 4.79 Å². The number of nitrogens with one attached hydrogen (secondary N) is 1. The standard InChI is InChI=1S/C11H14N2O2/c1-2-3-8-12-13-11(15)9-4-6-10(14)7-5-9/h4-8,14H,2-3H2,1H3,(H,13,15)/b12-8+. The van der Waals surface area contributed by atoms with Crippen molar-refractivity contribution in [3.05, 3.63) is 29.8 Å². The minimum Gasteiger partial charge on any atom is -0.508 e. The first-order valence-electron chi connectivity index (χ1n) is 4.85. The van der Waals surface area contributed by atoms with Crippen molar-refractivity contribution in [1.29, 1.82) is 0 Å². The average molecular weight is 206 g/mol. The first-order chi connectivity index (χ1) is 7.24. The maximum Gasteiger partial charge on any atom is 0.271 e. The number of carbonyl (C=O) groups excluding carboxylic acids is 1. The van der Waals surface area contributed by atoms with E-state index in [0.29, 0.717) is 5.56 Å². The molecule has 0 atom stereocenters. The molecule has 0 unspecified atom stereocenters. The van der Waals surface area contributed by atoms with E-state index in [4.69, 9.17) is 5.11 Å². The first kappa shape index (κ1) is 11.2. The van der Waals surface area contributed by atoms with E-state index in [9.17, 15) is 4.79 Å². The van der Waals surface area contributed by atoms with Crippen LogP contribution >= 0.6 is 0 Å². The second-order valence-corrected chi connectivity index (χ2v) is 3.09. The number of hydrazone groups is 1. The molecule has 80 valence electrons. The molecule has 0 bridgehead atoms. The van der Waals surface area contributed by atoms with Gasteiger partial charge in [-0.1, -0.05) is 13.3 Å². The fourth-order valence-corrected chi connectivity index (χ4v) is 0.975. The molecule has 0 aliphatic carbocycles. The van der Waals surface area contributed by atoms with Crippen molar-refractivity contribution in [2.45, 2.75) is 19.8 Å². The van der Waals surface area contributed by atoms with Crippen LogP contribution in [0.5, 0.6) is 5.75 Å². The molecule has 4 nitrogen and oxygen atoms in total. The van der Waals surface area contributed by atoms with Crippen LogP contribution in [0.4, 0.5) is 0 Å². The lowest BCUT2D eigenvalue weighted by Gasteiger charge is -1.99. The lowest BCUT2D eigenvalue weighted by atomic mass is 10.2. The van der Waals surface area contributed by atoms with Crippen molar-refractivity contribution < 1.29 is 9.90 Å². The number of phenolic OH excluding ortho intramolecular Hbond substituents is 1. The Morgan fingerprint density at radius 1 is 1.47 bits per heavy atom. The Hall–Kier alpha value is -1.84. The van der Waals surface area contributed by atoms with E-state index >= 15 is 0 Å². The predicted molar refractivity (Wildman–Crippen MR) is 59.0 cm³/mol. The van der Waals surface area contributed by atoms with Crippen LogP contribution in [0.3, 0.4) is 0 Å². The average Bonchev–Trinajstić information content (AvgIpc) is 2.25. The maximum atomic E-state index is 11.4. The van der Waals surface area contributed by atoms with Crippen molar-refractivity contribution in [3.8, 4) is 5.75 Å². The monoisotopic (exact) mass is 206 g/mol. The fraction of sp³-hybridized carbons (Fsp3) is 0.273. The number of unbranched alkanes of at least 4 members (excludes halogenated alkanes) is 1. The van der Waals surface area contributed by atoms with Crippen LogP contribution < -0.4 is 5.43 Å². The van der Waals surface area contributed by atoms with Crippen LogP contribution in [0.25, 0.3) is 0 Å². The second-order valence-electron chi connectivity index (χ2n) is 3.09. The fourth-order valence-electron chi connectivity index (χ4n) is 0.975. The van der Waals surface area contributed by atoms with Crippen molar-refractivity contribution in [3.63, 3.8) is 0 Å². The summed E-state index contributed by atoms with van der Waals surface area (Å²) >= 11 is 0. The van der Waals surface area contributed by atoms with Crippen LogP contribution in [0.1, 0.15) is 30.1 Å². The summed E-state index contributed by atoms with van der Waals surface area (Å²) in [5, 5.41) is 12.8. The number of hydrogen-bond acceptors (Lipinski definition) is 3. The highest BCUT2D eigenvalue weighted by atomic mass is 16.3. The van der Waals surface area contributed by atoms with E-state index in [1.807, 2.05) is 6.92 Å². The number of benzene rings is 1. The van der Waals surface area contributed by atoms with Gasteiger partial charge in [0.05, 0.1) is 0 Å². The van der Waals surface area contributed by atoms with Crippen LogP contribution in [0, 0.1) is 0 Å². The molecule has 15 heavy (non-hydrogen) atoms. The summed E-state index contributed by atoms with van der Waals surface area (Å²) in [7, 11) is 0. The van der Waals surface area contributed by atoms with E-state index in [2.05, 4.69) is 10.5 Å². The molecule has 1 aromatic rings. The Morgan fingerprint density at radius 2 is 2.13 bits per heavy atom. The summed E-state index contributed by atoms with van der Waals surface area (Å²) in [5.74, 6) is -0.136.